The second-order valence-corrected chi connectivity index (χ2v) is 4.46. The summed E-state index contributed by atoms with van der Waals surface area (Å²) in [6.07, 6.45) is -2.86. The zero-order chi connectivity index (χ0) is 12.2. The Morgan fingerprint density at radius 1 is 1.44 bits per heavy atom. The smallest absolute Gasteiger partial charge is 0.316 e. The minimum absolute atomic E-state index is 0.203. The second-order valence-electron chi connectivity index (χ2n) is 4.46. The summed E-state index contributed by atoms with van der Waals surface area (Å²) in [5.74, 6) is -3.69. The van der Waals surface area contributed by atoms with Crippen LogP contribution in [-0.2, 0) is 0 Å². The van der Waals surface area contributed by atoms with E-state index < -0.39 is 18.9 Å². The molecule has 0 bridgehead atoms. The van der Waals surface area contributed by atoms with Crippen LogP contribution in [0.5, 0.6) is 0 Å². The Morgan fingerprint density at radius 2 is 2.12 bits per heavy atom. The molecule has 0 amide bonds. The van der Waals surface area contributed by atoms with E-state index in [0.717, 1.165) is 13.1 Å². The Labute approximate surface area is 93.0 Å². The quantitative estimate of drug-likeness (QED) is 0.759. The molecule has 0 radical (unpaired) electrons. The molecule has 96 valence electrons. The van der Waals surface area contributed by atoms with E-state index in [9.17, 15) is 17.6 Å². The van der Waals surface area contributed by atoms with Crippen LogP contribution in [0.25, 0.3) is 0 Å². The minimum atomic E-state index is -3.90. The molecule has 1 unspecified atom stereocenters. The molecule has 1 aliphatic rings. The fourth-order valence-corrected chi connectivity index (χ4v) is 1.88. The van der Waals surface area contributed by atoms with Crippen molar-refractivity contribution in [2.75, 3.05) is 32.7 Å². The highest BCUT2D eigenvalue weighted by Gasteiger charge is 2.42. The number of hydrogen-bond acceptors (Lipinski definition) is 2. The summed E-state index contributed by atoms with van der Waals surface area (Å²) in [6.45, 7) is 3.47. The van der Waals surface area contributed by atoms with E-state index in [1.807, 2.05) is 6.92 Å². The van der Waals surface area contributed by atoms with Crippen LogP contribution in [0.15, 0.2) is 0 Å². The van der Waals surface area contributed by atoms with E-state index in [1.165, 1.54) is 4.90 Å². The molecule has 6 heteroatoms. The molecule has 0 aliphatic carbocycles. The maximum absolute atomic E-state index is 12.9. The second kappa shape index (κ2) is 5.82. The first kappa shape index (κ1) is 13.7. The van der Waals surface area contributed by atoms with Gasteiger partial charge in [0.25, 0.3) is 0 Å². The summed E-state index contributed by atoms with van der Waals surface area (Å²) >= 11 is 0. The maximum Gasteiger partial charge on any atom is 0.319 e. The summed E-state index contributed by atoms with van der Waals surface area (Å²) in [5, 5.41) is 3.18. The summed E-state index contributed by atoms with van der Waals surface area (Å²) < 4.78 is 49.9. The van der Waals surface area contributed by atoms with Crippen molar-refractivity contribution in [1.82, 2.24) is 10.2 Å². The molecule has 1 rings (SSSR count). The Morgan fingerprint density at radius 3 is 2.75 bits per heavy atom. The van der Waals surface area contributed by atoms with E-state index in [-0.39, 0.29) is 5.92 Å². The van der Waals surface area contributed by atoms with Crippen LogP contribution in [0.4, 0.5) is 17.6 Å². The highest BCUT2D eigenvalue weighted by Crippen LogP contribution is 2.24. The van der Waals surface area contributed by atoms with Gasteiger partial charge in [-0.25, -0.2) is 8.78 Å². The molecule has 0 aromatic carbocycles. The number of halogens is 4. The lowest BCUT2D eigenvalue weighted by molar-refractivity contribution is -0.143. The van der Waals surface area contributed by atoms with Crippen LogP contribution in [-0.4, -0.2) is 50.0 Å². The molecule has 2 nitrogen and oxygen atoms in total. The highest BCUT2D eigenvalue weighted by molar-refractivity contribution is 4.78. The van der Waals surface area contributed by atoms with Crippen LogP contribution in [0.3, 0.4) is 0 Å². The van der Waals surface area contributed by atoms with Gasteiger partial charge in [-0.15, -0.1) is 0 Å². The average Bonchev–Trinajstić information content (AvgIpc) is 2.12. The Balaban J connectivity index is 2.49. The normalized spacial score (nSPS) is 25.5. The summed E-state index contributed by atoms with van der Waals surface area (Å²) in [5.41, 5.74) is 0. The van der Waals surface area contributed by atoms with Crippen molar-refractivity contribution in [3.05, 3.63) is 0 Å². The third-order valence-corrected chi connectivity index (χ3v) is 2.64. The topological polar surface area (TPSA) is 15.3 Å². The first-order valence-electron chi connectivity index (χ1n) is 5.51. The fraction of sp³-hybridized carbons (Fsp3) is 1.00. The number of hydrogen-bond donors (Lipinski definition) is 1. The fourth-order valence-electron chi connectivity index (χ4n) is 1.88. The summed E-state index contributed by atoms with van der Waals surface area (Å²) in [4.78, 5) is 1.44. The Hall–Kier alpha value is -0.360. The van der Waals surface area contributed by atoms with Crippen LogP contribution >= 0.6 is 0 Å². The van der Waals surface area contributed by atoms with Crippen molar-refractivity contribution in [2.24, 2.45) is 5.92 Å². The first-order valence-corrected chi connectivity index (χ1v) is 5.51. The van der Waals surface area contributed by atoms with E-state index in [2.05, 4.69) is 5.32 Å². The van der Waals surface area contributed by atoms with E-state index >= 15 is 0 Å². The van der Waals surface area contributed by atoms with Crippen LogP contribution in [0, 0.1) is 5.92 Å². The lowest BCUT2D eigenvalue weighted by Crippen LogP contribution is -2.46. The molecule has 16 heavy (non-hydrogen) atoms. The van der Waals surface area contributed by atoms with Crippen molar-refractivity contribution in [3.63, 3.8) is 0 Å². The molecule has 0 aromatic rings. The third kappa shape index (κ3) is 4.25. The Bertz CT molecular complexity index is 211. The third-order valence-electron chi connectivity index (χ3n) is 2.64. The van der Waals surface area contributed by atoms with E-state index in [1.54, 1.807) is 0 Å². The minimum Gasteiger partial charge on any atom is -0.316 e. The summed E-state index contributed by atoms with van der Waals surface area (Å²) in [7, 11) is 0. The zero-order valence-electron chi connectivity index (χ0n) is 9.36. The van der Waals surface area contributed by atoms with Crippen molar-refractivity contribution < 1.29 is 17.6 Å². The number of nitrogens with zero attached hydrogens (tertiary/aromatic N) is 1. The molecule has 1 fully saturated rings. The lowest BCUT2D eigenvalue weighted by Gasteiger charge is -2.31. The van der Waals surface area contributed by atoms with Gasteiger partial charge in [0.15, 0.2) is 0 Å². The van der Waals surface area contributed by atoms with Gasteiger partial charge in [0.1, 0.15) is 0 Å². The van der Waals surface area contributed by atoms with Gasteiger partial charge in [-0.05, 0) is 32.0 Å². The average molecular weight is 242 g/mol. The van der Waals surface area contributed by atoms with E-state index in [4.69, 9.17) is 0 Å². The van der Waals surface area contributed by atoms with Crippen molar-refractivity contribution in [3.8, 4) is 0 Å². The molecule has 0 aromatic heterocycles. The molecular weight excluding hydrogens is 224 g/mol. The van der Waals surface area contributed by atoms with Crippen molar-refractivity contribution >= 4 is 0 Å². The number of rotatable bonds is 3. The van der Waals surface area contributed by atoms with Gasteiger partial charge in [0.05, 0.1) is 6.54 Å². The van der Waals surface area contributed by atoms with Crippen LogP contribution < -0.4 is 5.32 Å². The van der Waals surface area contributed by atoms with Gasteiger partial charge in [-0.1, -0.05) is 6.92 Å². The van der Waals surface area contributed by atoms with Crippen LogP contribution in [0.2, 0.25) is 0 Å². The van der Waals surface area contributed by atoms with Crippen molar-refractivity contribution in [1.29, 1.82) is 0 Å². The first-order chi connectivity index (χ1) is 7.42. The van der Waals surface area contributed by atoms with Crippen molar-refractivity contribution in [2.45, 2.75) is 25.7 Å². The largest absolute Gasteiger partial charge is 0.319 e. The molecule has 0 saturated carbocycles. The van der Waals surface area contributed by atoms with Gasteiger partial charge >= 0.3 is 12.3 Å². The SMILES string of the molecule is CC1CNCCCN(CC(F)(F)C(F)F)C1. The monoisotopic (exact) mass is 242 g/mol. The van der Waals surface area contributed by atoms with E-state index in [0.29, 0.717) is 19.5 Å². The lowest BCUT2D eigenvalue weighted by atomic mass is 10.1. The van der Waals surface area contributed by atoms with Gasteiger partial charge in [0, 0.05) is 6.54 Å². The molecule has 1 atom stereocenters. The van der Waals surface area contributed by atoms with Gasteiger partial charge in [-0.2, -0.15) is 8.78 Å². The standard InChI is InChI=1S/C10H18F4N2/c1-8-5-15-3-2-4-16(6-8)7-10(13,14)9(11)12/h8-9,15H,2-7H2,1H3. The molecule has 1 N–H and O–H groups in total. The van der Waals surface area contributed by atoms with Gasteiger partial charge < -0.3 is 5.32 Å². The predicted molar refractivity (Wildman–Crippen MR) is 54.0 cm³/mol. The van der Waals surface area contributed by atoms with Gasteiger partial charge in [0.2, 0.25) is 0 Å². The summed E-state index contributed by atoms with van der Waals surface area (Å²) in [6, 6.07) is 0. The molecular formula is C10H18F4N2. The molecule has 1 saturated heterocycles. The number of nitrogens with one attached hydrogen (secondary N) is 1. The predicted octanol–water partition coefficient (Wildman–Crippen LogP) is 1.82. The highest BCUT2D eigenvalue weighted by atomic mass is 19.3. The maximum atomic E-state index is 12.9. The zero-order valence-corrected chi connectivity index (χ0v) is 9.36. The Kier molecular flexibility index (Phi) is 4.98. The molecule has 1 heterocycles. The molecule has 1 aliphatic heterocycles. The number of alkyl halides is 4. The molecule has 0 spiro atoms. The van der Waals surface area contributed by atoms with Crippen LogP contribution in [0.1, 0.15) is 13.3 Å². The van der Waals surface area contributed by atoms with Gasteiger partial charge in [-0.3, -0.25) is 4.90 Å².